The van der Waals surface area contributed by atoms with Crippen LogP contribution in [0.2, 0.25) is 0 Å². The number of pyridine rings is 1. The summed E-state index contributed by atoms with van der Waals surface area (Å²) in [5, 5.41) is 14.4. The summed E-state index contributed by atoms with van der Waals surface area (Å²) < 4.78 is 0. The second-order valence-electron chi connectivity index (χ2n) is 5.05. The van der Waals surface area contributed by atoms with E-state index < -0.39 is 4.92 Å². The van der Waals surface area contributed by atoms with Gasteiger partial charge in [0, 0.05) is 6.54 Å². The van der Waals surface area contributed by atoms with Gasteiger partial charge in [-0.2, -0.15) is 0 Å². The molecule has 0 amide bonds. The molecule has 0 unspecified atom stereocenters. The van der Waals surface area contributed by atoms with E-state index in [1.807, 2.05) is 60.7 Å². The first-order chi connectivity index (χ1) is 11.2. The van der Waals surface area contributed by atoms with Crippen molar-refractivity contribution in [1.29, 1.82) is 0 Å². The van der Waals surface area contributed by atoms with Gasteiger partial charge in [-0.3, -0.25) is 10.1 Å². The molecule has 114 valence electrons. The molecule has 0 radical (unpaired) electrons. The molecule has 0 atom stereocenters. The van der Waals surface area contributed by atoms with Crippen LogP contribution in [0.3, 0.4) is 0 Å². The zero-order valence-electron chi connectivity index (χ0n) is 12.3. The Kier molecular flexibility index (Phi) is 4.29. The lowest BCUT2D eigenvalue weighted by Crippen LogP contribution is -2.02. The average Bonchev–Trinajstić information content (AvgIpc) is 2.61. The van der Waals surface area contributed by atoms with E-state index >= 15 is 0 Å². The van der Waals surface area contributed by atoms with Gasteiger partial charge in [-0.1, -0.05) is 60.7 Å². The van der Waals surface area contributed by atoms with Gasteiger partial charge in [-0.05, 0) is 17.2 Å². The van der Waals surface area contributed by atoms with Crippen molar-refractivity contribution >= 4 is 11.5 Å². The molecule has 3 rings (SSSR count). The molecule has 0 aliphatic rings. The minimum Gasteiger partial charge on any atom is -0.366 e. The Bertz CT molecular complexity index is 805. The number of aromatic nitrogens is 1. The van der Waals surface area contributed by atoms with Gasteiger partial charge in [-0.25, -0.2) is 4.98 Å². The largest absolute Gasteiger partial charge is 0.366 e. The molecule has 0 spiro atoms. The number of nitrogens with zero attached hydrogens (tertiary/aromatic N) is 2. The highest BCUT2D eigenvalue weighted by Crippen LogP contribution is 2.30. The summed E-state index contributed by atoms with van der Waals surface area (Å²) in [6, 6.07) is 20.9. The number of hydrogen-bond donors (Lipinski definition) is 1. The Hall–Kier alpha value is -3.21. The van der Waals surface area contributed by atoms with Gasteiger partial charge < -0.3 is 5.32 Å². The number of hydrogen-bond acceptors (Lipinski definition) is 4. The third-order valence-corrected chi connectivity index (χ3v) is 3.48. The fraction of sp³-hybridized carbons (Fsp3) is 0.0556. The van der Waals surface area contributed by atoms with E-state index in [0.717, 1.165) is 11.1 Å². The molecule has 0 bridgehead atoms. The van der Waals surface area contributed by atoms with Gasteiger partial charge in [0.25, 0.3) is 5.69 Å². The highest BCUT2D eigenvalue weighted by atomic mass is 16.6. The van der Waals surface area contributed by atoms with Crippen LogP contribution >= 0.6 is 0 Å². The molecule has 0 aliphatic carbocycles. The second kappa shape index (κ2) is 6.70. The first-order valence-corrected chi connectivity index (χ1v) is 7.22. The zero-order chi connectivity index (χ0) is 16.1. The summed E-state index contributed by atoms with van der Waals surface area (Å²) in [6.45, 7) is 0.611. The smallest absolute Gasteiger partial charge is 0.295 e. The van der Waals surface area contributed by atoms with Crippen LogP contribution in [-0.2, 0) is 6.54 Å². The maximum absolute atomic E-state index is 11.2. The normalized spacial score (nSPS) is 10.3. The number of nitro groups is 1. The van der Waals surface area contributed by atoms with Gasteiger partial charge in [0.1, 0.15) is 12.0 Å². The van der Waals surface area contributed by atoms with Crippen LogP contribution < -0.4 is 5.32 Å². The highest BCUT2D eigenvalue weighted by molar-refractivity contribution is 5.75. The maximum atomic E-state index is 11.2. The third-order valence-electron chi connectivity index (χ3n) is 3.48. The molecule has 0 saturated heterocycles. The average molecular weight is 305 g/mol. The molecule has 1 aromatic heterocycles. The summed E-state index contributed by atoms with van der Waals surface area (Å²) in [5.41, 5.74) is 2.47. The summed E-state index contributed by atoms with van der Waals surface area (Å²) in [7, 11) is 0. The van der Waals surface area contributed by atoms with E-state index in [-0.39, 0.29) is 5.69 Å². The standard InChI is InChI=1S/C18H15N3O2/c22-21(23)17-13-20-18(19-12-14-7-3-1-4-8-14)11-16(17)15-9-5-2-6-10-15/h1-11,13H,12H2,(H,19,20). The van der Waals surface area contributed by atoms with Crippen LogP contribution in [0, 0.1) is 10.1 Å². The highest BCUT2D eigenvalue weighted by Gasteiger charge is 2.16. The predicted molar refractivity (Wildman–Crippen MR) is 90.1 cm³/mol. The van der Waals surface area contributed by atoms with Gasteiger partial charge >= 0.3 is 0 Å². The molecule has 0 aliphatic heterocycles. The minimum atomic E-state index is -0.406. The molecule has 2 aromatic carbocycles. The van der Waals surface area contributed by atoms with Crippen molar-refractivity contribution in [2.75, 3.05) is 5.32 Å². The van der Waals surface area contributed by atoms with Crippen molar-refractivity contribution in [3.05, 3.63) is 88.6 Å². The number of rotatable bonds is 5. The summed E-state index contributed by atoms with van der Waals surface area (Å²) in [5.74, 6) is 0.610. The van der Waals surface area contributed by atoms with E-state index in [2.05, 4.69) is 10.3 Å². The number of benzene rings is 2. The predicted octanol–water partition coefficient (Wildman–Crippen LogP) is 4.27. The molecular formula is C18H15N3O2. The molecule has 5 heteroatoms. The Morgan fingerprint density at radius 3 is 2.30 bits per heavy atom. The van der Waals surface area contributed by atoms with Crippen molar-refractivity contribution < 1.29 is 4.92 Å². The lowest BCUT2D eigenvalue weighted by Gasteiger charge is -2.08. The van der Waals surface area contributed by atoms with Crippen molar-refractivity contribution in [1.82, 2.24) is 4.98 Å². The summed E-state index contributed by atoms with van der Waals surface area (Å²) >= 11 is 0. The lowest BCUT2D eigenvalue weighted by molar-refractivity contribution is -0.384. The molecular weight excluding hydrogens is 290 g/mol. The molecule has 23 heavy (non-hydrogen) atoms. The third kappa shape index (κ3) is 3.52. The van der Waals surface area contributed by atoms with E-state index in [0.29, 0.717) is 17.9 Å². The van der Waals surface area contributed by atoms with E-state index in [1.165, 1.54) is 6.20 Å². The Morgan fingerprint density at radius 2 is 1.65 bits per heavy atom. The monoisotopic (exact) mass is 305 g/mol. The fourth-order valence-corrected chi connectivity index (χ4v) is 2.33. The molecule has 0 fully saturated rings. The summed E-state index contributed by atoms with van der Waals surface area (Å²) in [6.07, 6.45) is 1.30. The molecule has 5 nitrogen and oxygen atoms in total. The Labute approximate surface area is 133 Å². The molecule has 3 aromatic rings. The van der Waals surface area contributed by atoms with E-state index in [1.54, 1.807) is 6.07 Å². The Balaban J connectivity index is 1.90. The summed E-state index contributed by atoms with van der Waals surface area (Å²) in [4.78, 5) is 15.0. The maximum Gasteiger partial charge on any atom is 0.295 e. The second-order valence-corrected chi connectivity index (χ2v) is 5.05. The number of nitrogens with one attached hydrogen (secondary N) is 1. The first kappa shape index (κ1) is 14.7. The quantitative estimate of drug-likeness (QED) is 0.564. The van der Waals surface area contributed by atoms with Gasteiger partial charge in [0.2, 0.25) is 0 Å². The van der Waals surface area contributed by atoms with Crippen molar-refractivity contribution in [3.63, 3.8) is 0 Å². The van der Waals surface area contributed by atoms with Crippen molar-refractivity contribution in [2.45, 2.75) is 6.54 Å². The van der Waals surface area contributed by atoms with Crippen LogP contribution in [0.4, 0.5) is 11.5 Å². The minimum absolute atomic E-state index is 0.00135. The van der Waals surface area contributed by atoms with Crippen LogP contribution in [0.15, 0.2) is 72.9 Å². The van der Waals surface area contributed by atoms with Crippen molar-refractivity contribution in [3.8, 4) is 11.1 Å². The molecule has 0 saturated carbocycles. The van der Waals surface area contributed by atoms with E-state index in [4.69, 9.17) is 0 Å². The topological polar surface area (TPSA) is 68.1 Å². The fourth-order valence-electron chi connectivity index (χ4n) is 2.33. The van der Waals surface area contributed by atoms with Crippen molar-refractivity contribution in [2.24, 2.45) is 0 Å². The van der Waals surface area contributed by atoms with Crippen LogP contribution in [0.1, 0.15) is 5.56 Å². The first-order valence-electron chi connectivity index (χ1n) is 7.22. The van der Waals surface area contributed by atoms with Crippen LogP contribution in [-0.4, -0.2) is 9.91 Å². The van der Waals surface area contributed by atoms with Gasteiger partial charge in [0.05, 0.1) is 10.5 Å². The lowest BCUT2D eigenvalue weighted by atomic mass is 10.1. The van der Waals surface area contributed by atoms with Gasteiger partial charge in [0.15, 0.2) is 0 Å². The van der Waals surface area contributed by atoms with Crippen LogP contribution in [0.25, 0.3) is 11.1 Å². The zero-order valence-corrected chi connectivity index (χ0v) is 12.3. The van der Waals surface area contributed by atoms with E-state index in [9.17, 15) is 10.1 Å². The molecule has 1 N–H and O–H groups in total. The number of anilines is 1. The molecule has 1 heterocycles. The van der Waals surface area contributed by atoms with Crippen LogP contribution in [0.5, 0.6) is 0 Å². The van der Waals surface area contributed by atoms with Gasteiger partial charge in [-0.15, -0.1) is 0 Å². The Morgan fingerprint density at radius 1 is 1.00 bits per heavy atom. The SMILES string of the molecule is O=[N+]([O-])c1cnc(NCc2ccccc2)cc1-c1ccccc1.